The number of ether oxygens (including phenoxy) is 2. The highest BCUT2D eigenvalue weighted by atomic mass is 19.4. The van der Waals surface area contributed by atoms with E-state index in [1.54, 1.807) is 11.0 Å². The van der Waals surface area contributed by atoms with Gasteiger partial charge in [-0.1, -0.05) is 0 Å². The number of piperidine rings is 1. The zero-order valence-electron chi connectivity index (χ0n) is 17.6. The third kappa shape index (κ3) is 4.71. The molecule has 0 spiro atoms. The molecular weight excluding hydrogens is 441 g/mol. The first-order chi connectivity index (χ1) is 15.7. The molecule has 0 saturated carbocycles. The summed E-state index contributed by atoms with van der Waals surface area (Å²) in [5, 5.41) is 0.826. The van der Waals surface area contributed by atoms with Crippen molar-refractivity contribution in [3.8, 4) is 5.75 Å². The number of likely N-dealkylation sites (tertiary alicyclic amines) is 1. The van der Waals surface area contributed by atoms with E-state index in [0.29, 0.717) is 37.1 Å². The fraction of sp³-hybridized carbons (Fsp3) is 0.318. The van der Waals surface area contributed by atoms with Gasteiger partial charge in [0.1, 0.15) is 11.4 Å². The minimum atomic E-state index is -4.84. The summed E-state index contributed by atoms with van der Waals surface area (Å²) < 4.78 is 45.8. The molecule has 0 atom stereocenters. The number of methoxy groups -OCH3 is 1. The van der Waals surface area contributed by atoms with Crippen LogP contribution in [0.2, 0.25) is 0 Å². The fourth-order valence-electron chi connectivity index (χ4n) is 4.09. The number of H-pyrrole nitrogens is 1. The Bertz CT molecular complexity index is 1200. The van der Waals surface area contributed by atoms with Gasteiger partial charge in [-0.3, -0.25) is 4.79 Å². The largest absolute Gasteiger partial charge is 0.573 e. The van der Waals surface area contributed by atoms with Crippen molar-refractivity contribution >= 4 is 28.6 Å². The summed E-state index contributed by atoms with van der Waals surface area (Å²) in [7, 11) is 1.31. The number of nitrogens with one attached hydrogen (secondary N) is 1. The minimum Gasteiger partial charge on any atom is -0.465 e. The number of esters is 1. The predicted molar refractivity (Wildman–Crippen MR) is 113 cm³/mol. The third-order valence-electron chi connectivity index (χ3n) is 5.69. The van der Waals surface area contributed by atoms with Gasteiger partial charge in [-0.25, -0.2) is 9.78 Å². The first kappa shape index (κ1) is 22.4. The number of pyridine rings is 1. The molecule has 2 aromatic heterocycles. The Kier molecular flexibility index (Phi) is 5.88. The monoisotopic (exact) mass is 462 g/mol. The zero-order chi connectivity index (χ0) is 23.8. The van der Waals surface area contributed by atoms with Gasteiger partial charge in [-0.2, -0.15) is 0 Å². The molecule has 1 aliphatic rings. The molecule has 0 bridgehead atoms. The van der Waals surface area contributed by atoms with Crippen LogP contribution < -0.4 is 10.5 Å². The van der Waals surface area contributed by atoms with Gasteiger partial charge < -0.3 is 25.1 Å². The Hall–Kier alpha value is -3.76. The molecule has 3 aromatic rings. The van der Waals surface area contributed by atoms with Crippen molar-refractivity contribution in [3.05, 3.63) is 53.3 Å². The second-order valence-electron chi connectivity index (χ2n) is 7.72. The van der Waals surface area contributed by atoms with E-state index in [1.807, 2.05) is 6.20 Å². The molecule has 1 amide bonds. The number of hydrogen-bond donors (Lipinski definition) is 2. The lowest BCUT2D eigenvalue weighted by Gasteiger charge is -2.32. The van der Waals surface area contributed by atoms with Crippen LogP contribution in [0.25, 0.3) is 11.0 Å². The van der Waals surface area contributed by atoms with Crippen LogP contribution in [-0.2, 0) is 4.74 Å². The number of fused-ring (bicyclic) bond motifs is 1. The molecule has 1 aromatic carbocycles. The Balaban J connectivity index is 1.46. The van der Waals surface area contributed by atoms with Crippen molar-refractivity contribution in [1.82, 2.24) is 14.9 Å². The average molecular weight is 462 g/mol. The number of aromatic amines is 1. The SMILES string of the molecule is COC(=O)c1cnc2[nH]cc(C3CCN(C(=O)c4ccc(OC(F)(F)F)cc4N)CC3)c2c1. The number of benzene rings is 1. The van der Waals surface area contributed by atoms with Crippen molar-refractivity contribution < 1.29 is 32.2 Å². The Morgan fingerprint density at radius 1 is 1.21 bits per heavy atom. The highest BCUT2D eigenvalue weighted by Gasteiger charge is 2.32. The maximum atomic E-state index is 12.9. The van der Waals surface area contributed by atoms with Crippen molar-refractivity contribution in [2.45, 2.75) is 25.1 Å². The van der Waals surface area contributed by atoms with Gasteiger partial charge in [0.2, 0.25) is 0 Å². The van der Waals surface area contributed by atoms with E-state index in [-0.39, 0.29) is 23.1 Å². The standard InChI is InChI=1S/C22H21F3N4O4/c1-32-21(31)13-8-16-17(11-28-19(16)27-10-13)12-4-6-29(7-5-12)20(30)15-3-2-14(9-18(15)26)33-22(23,24)25/h2-3,8-12H,4-7,26H2,1H3,(H,27,28). The molecule has 1 saturated heterocycles. The Morgan fingerprint density at radius 3 is 2.58 bits per heavy atom. The molecule has 3 N–H and O–H groups in total. The molecule has 4 rings (SSSR count). The van der Waals surface area contributed by atoms with Crippen LogP contribution in [0, 0.1) is 0 Å². The maximum Gasteiger partial charge on any atom is 0.573 e. The quantitative estimate of drug-likeness (QED) is 0.450. The normalized spacial score (nSPS) is 15.0. The van der Waals surface area contributed by atoms with Gasteiger partial charge >= 0.3 is 12.3 Å². The predicted octanol–water partition coefficient (Wildman–Crippen LogP) is 3.85. The highest BCUT2D eigenvalue weighted by molar-refractivity contribution is 5.99. The summed E-state index contributed by atoms with van der Waals surface area (Å²) >= 11 is 0. The van der Waals surface area contributed by atoms with E-state index in [4.69, 9.17) is 10.5 Å². The van der Waals surface area contributed by atoms with E-state index in [0.717, 1.165) is 23.1 Å². The average Bonchev–Trinajstić information content (AvgIpc) is 3.20. The van der Waals surface area contributed by atoms with E-state index in [1.165, 1.54) is 19.4 Å². The smallest absolute Gasteiger partial charge is 0.465 e. The molecule has 0 aliphatic carbocycles. The van der Waals surface area contributed by atoms with Gasteiger partial charge in [-0.05, 0) is 42.5 Å². The summed E-state index contributed by atoms with van der Waals surface area (Å²) in [6, 6.07) is 5.04. The number of halogens is 3. The summed E-state index contributed by atoms with van der Waals surface area (Å²) in [6.45, 7) is 0.890. The molecule has 174 valence electrons. The van der Waals surface area contributed by atoms with Gasteiger partial charge in [0.25, 0.3) is 5.91 Å². The summed E-state index contributed by atoms with van der Waals surface area (Å²) in [5.74, 6) is -1.16. The van der Waals surface area contributed by atoms with Crippen LogP contribution in [0.3, 0.4) is 0 Å². The molecule has 1 fully saturated rings. The number of carbonyl (C=O) groups is 2. The lowest BCUT2D eigenvalue weighted by molar-refractivity contribution is -0.274. The number of nitrogens with two attached hydrogens (primary N) is 1. The van der Waals surface area contributed by atoms with Crippen LogP contribution in [0.1, 0.15) is 45.0 Å². The number of aromatic nitrogens is 2. The minimum absolute atomic E-state index is 0.0816. The highest BCUT2D eigenvalue weighted by Crippen LogP contribution is 2.34. The fourth-order valence-corrected chi connectivity index (χ4v) is 4.09. The van der Waals surface area contributed by atoms with E-state index in [9.17, 15) is 22.8 Å². The number of amides is 1. The maximum absolute atomic E-state index is 12.9. The number of hydrogen-bond acceptors (Lipinski definition) is 6. The van der Waals surface area contributed by atoms with Crippen LogP contribution in [-0.4, -0.2) is 53.3 Å². The Morgan fingerprint density at radius 2 is 1.94 bits per heavy atom. The summed E-state index contributed by atoms with van der Waals surface area (Å²) in [5.41, 5.74) is 7.88. The zero-order valence-corrected chi connectivity index (χ0v) is 17.6. The van der Waals surface area contributed by atoms with Crippen molar-refractivity contribution in [3.63, 3.8) is 0 Å². The summed E-state index contributed by atoms with van der Waals surface area (Å²) in [4.78, 5) is 33.7. The van der Waals surface area contributed by atoms with Crippen LogP contribution in [0.5, 0.6) is 5.75 Å². The Labute approximate surface area is 186 Å². The summed E-state index contributed by atoms with van der Waals surface area (Å²) in [6.07, 6.45) is -0.203. The molecule has 0 unspecified atom stereocenters. The second-order valence-corrected chi connectivity index (χ2v) is 7.72. The number of anilines is 1. The number of alkyl halides is 3. The van der Waals surface area contributed by atoms with Crippen LogP contribution >= 0.6 is 0 Å². The number of rotatable bonds is 4. The van der Waals surface area contributed by atoms with Gasteiger partial charge in [0, 0.05) is 42.6 Å². The van der Waals surface area contributed by atoms with Crippen LogP contribution in [0.15, 0.2) is 36.7 Å². The van der Waals surface area contributed by atoms with E-state index in [2.05, 4.69) is 14.7 Å². The lowest BCUT2D eigenvalue weighted by Crippen LogP contribution is -2.38. The number of carbonyl (C=O) groups excluding carboxylic acids is 2. The van der Waals surface area contributed by atoms with Crippen molar-refractivity contribution in [2.75, 3.05) is 25.9 Å². The molecular formula is C22H21F3N4O4. The van der Waals surface area contributed by atoms with E-state index >= 15 is 0 Å². The first-order valence-corrected chi connectivity index (χ1v) is 10.2. The molecule has 11 heteroatoms. The lowest BCUT2D eigenvalue weighted by atomic mass is 9.89. The van der Waals surface area contributed by atoms with Crippen molar-refractivity contribution in [2.24, 2.45) is 0 Å². The topological polar surface area (TPSA) is 111 Å². The molecule has 8 nitrogen and oxygen atoms in total. The third-order valence-corrected chi connectivity index (χ3v) is 5.69. The second kappa shape index (κ2) is 8.64. The first-order valence-electron chi connectivity index (χ1n) is 10.2. The molecule has 33 heavy (non-hydrogen) atoms. The van der Waals surface area contributed by atoms with Crippen molar-refractivity contribution in [1.29, 1.82) is 0 Å². The number of nitrogens with zero attached hydrogens (tertiary/aromatic N) is 2. The molecule has 3 heterocycles. The van der Waals surface area contributed by atoms with Gasteiger partial charge in [0.05, 0.1) is 18.2 Å². The van der Waals surface area contributed by atoms with E-state index < -0.39 is 18.1 Å². The van der Waals surface area contributed by atoms with Gasteiger partial charge in [-0.15, -0.1) is 13.2 Å². The van der Waals surface area contributed by atoms with Gasteiger partial charge in [0.15, 0.2) is 0 Å². The van der Waals surface area contributed by atoms with Crippen LogP contribution in [0.4, 0.5) is 18.9 Å². The molecule has 0 radical (unpaired) electrons. The number of nitrogen functional groups attached to an aromatic ring is 1. The molecule has 1 aliphatic heterocycles.